The van der Waals surface area contributed by atoms with E-state index in [-0.39, 0.29) is 11.9 Å². The SMILES string of the molecule is CN(C)C(=O)CN1CCCN(c2cc(C(F)(F)F)nc(N3CCCC3)n2)CC1. The Labute approximate surface area is 163 Å². The smallest absolute Gasteiger partial charge is 0.355 e. The molecule has 2 aliphatic heterocycles. The second kappa shape index (κ2) is 8.50. The Hall–Kier alpha value is -2.10. The molecular weight excluding hydrogens is 373 g/mol. The summed E-state index contributed by atoms with van der Waals surface area (Å²) in [6, 6.07) is 1.04. The molecule has 0 aliphatic carbocycles. The number of hydrogen-bond acceptors (Lipinski definition) is 6. The molecule has 0 aromatic carbocycles. The number of aromatic nitrogens is 2. The summed E-state index contributed by atoms with van der Waals surface area (Å²) in [7, 11) is 3.43. The average molecular weight is 400 g/mol. The molecule has 3 rings (SSSR count). The fourth-order valence-electron chi connectivity index (χ4n) is 3.48. The maximum atomic E-state index is 13.4. The molecule has 10 heteroatoms. The monoisotopic (exact) mass is 400 g/mol. The van der Waals surface area contributed by atoms with Crippen LogP contribution in [0.15, 0.2) is 6.07 Å². The van der Waals surface area contributed by atoms with E-state index in [0.29, 0.717) is 45.1 Å². The van der Waals surface area contributed by atoms with E-state index in [0.717, 1.165) is 31.9 Å². The van der Waals surface area contributed by atoms with Crippen molar-refractivity contribution < 1.29 is 18.0 Å². The van der Waals surface area contributed by atoms with E-state index in [1.807, 2.05) is 14.7 Å². The summed E-state index contributed by atoms with van der Waals surface area (Å²) >= 11 is 0. The van der Waals surface area contributed by atoms with Gasteiger partial charge in [-0.25, -0.2) is 4.98 Å². The van der Waals surface area contributed by atoms with Gasteiger partial charge in [0.15, 0.2) is 5.69 Å². The van der Waals surface area contributed by atoms with E-state index in [1.54, 1.807) is 19.0 Å². The maximum absolute atomic E-state index is 13.4. The second-order valence-corrected chi connectivity index (χ2v) is 7.51. The van der Waals surface area contributed by atoms with Crippen LogP contribution in [-0.2, 0) is 11.0 Å². The van der Waals surface area contributed by atoms with Crippen LogP contribution in [-0.4, -0.2) is 85.6 Å². The summed E-state index contributed by atoms with van der Waals surface area (Å²) in [6.07, 6.45) is -1.88. The molecule has 0 saturated carbocycles. The van der Waals surface area contributed by atoms with Crippen LogP contribution in [0.3, 0.4) is 0 Å². The summed E-state index contributed by atoms with van der Waals surface area (Å²) < 4.78 is 40.2. The zero-order valence-electron chi connectivity index (χ0n) is 16.4. The Balaban J connectivity index is 1.78. The van der Waals surface area contributed by atoms with Gasteiger partial charge >= 0.3 is 6.18 Å². The van der Waals surface area contributed by atoms with Crippen molar-refractivity contribution in [1.29, 1.82) is 0 Å². The minimum Gasteiger partial charge on any atom is -0.355 e. The predicted octanol–water partition coefficient (Wildman–Crippen LogP) is 1.70. The molecule has 1 aromatic heterocycles. The molecule has 0 N–H and O–H groups in total. The van der Waals surface area contributed by atoms with Crippen LogP contribution in [0.1, 0.15) is 25.0 Å². The van der Waals surface area contributed by atoms with E-state index in [2.05, 4.69) is 9.97 Å². The lowest BCUT2D eigenvalue weighted by Crippen LogP contribution is -2.39. The highest BCUT2D eigenvalue weighted by molar-refractivity contribution is 5.77. The van der Waals surface area contributed by atoms with Gasteiger partial charge in [-0.2, -0.15) is 18.2 Å². The Bertz CT molecular complexity index is 690. The number of hydrogen-bond donors (Lipinski definition) is 0. The molecular formula is C18H27F3N6O. The molecule has 2 fully saturated rings. The van der Waals surface area contributed by atoms with E-state index in [1.165, 1.54) is 0 Å². The first-order valence-electron chi connectivity index (χ1n) is 9.63. The van der Waals surface area contributed by atoms with Crippen molar-refractivity contribution in [2.75, 3.05) is 69.7 Å². The highest BCUT2D eigenvalue weighted by Crippen LogP contribution is 2.32. The van der Waals surface area contributed by atoms with Gasteiger partial charge in [0.2, 0.25) is 11.9 Å². The Morgan fingerprint density at radius 1 is 1.00 bits per heavy atom. The topological polar surface area (TPSA) is 55.8 Å². The van der Waals surface area contributed by atoms with Crippen molar-refractivity contribution in [2.24, 2.45) is 0 Å². The van der Waals surface area contributed by atoms with Gasteiger partial charge in [-0.1, -0.05) is 0 Å². The maximum Gasteiger partial charge on any atom is 0.433 e. The van der Waals surface area contributed by atoms with Crippen LogP contribution in [0.25, 0.3) is 0 Å². The lowest BCUT2D eigenvalue weighted by molar-refractivity contribution is -0.141. The number of alkyl halides is 3. The van der Waals surface area contributed by atoms with Gasteiger partial charge < -0.3 is 14.7 Å². The van der Waals surface area contributed by atoms with Gasteiger partial charge in [-0.15, -0.1) is 0 Å². The van der Waals surface area contributed by atoms with Gasteiger partial charge in [-0.05, 0) is 19.3 Å². The second-order valence-electron chi connectivity index (χ2n) is 7.51. The first-order valence-corrected chi connectivity index (χ1v) is 9.63. The van der Waals surface area contributed by atoms with E-state index >= 15 is 0 Å². The average Bonchev–Trinajstić information content (AvgIpc) is 3.08. The van der Waals surface area contributed by atoms with Crippen LogP contribution < -0.4 is 9.80 Å². The van der Waals surface area contributed by atoms with Crippen molar-refractivity contribution in [2.45, 2.75) is 25.4 Å². The summed E-state index contributed by atoms with van der Waals surface area (Å²) in [6.45, 7) is 4.13. The van der Waals surface area contributed by atoms with E-state index in [4.69, 9.17) is 0 Å². The first-order chi connectivity index (χ1) is 13.2. The van der Waals surface area contributed by atoms with Crippen LogP contribution in [0.4, 0.5) is 24.9 Å². The molecule has 0 unspecified atom stereocenters. The molecule has 2 aliphatic rings. The van der Waals surface area contributed by atoms with E-state index in [9.17, 15) is 18.0 Å². The zero-order valence-corrected chi connectivity index (χ0v) is 16.4. The van der Waals surface area contributed by atoms with Gasteiger partial charge in [0.1, 0.15) is 5.82 Å². The summed E-state index contributed by atoms with van der Waals surface area (Å²) in [4.78, 5) is 27.5. The largest absolute Gasteiger partial charge is 0.433 e. The molecule has 2 saturated heterocycles. The summed E-state index contributed by atoms with van der Waals surface area (Å²) in [5.74, 6) is 0.488. The number of anilines is 2. The van der Waals surface area contributed by atoms with Crippen LogP contribution >= 0.6 is 0 Å². The third-order valence-corrected chi connectivity index (χ3v) is 5.15. The van der Waals surface area contributed by atoms with Crippen molar-refractivity contribution in [3.8, 4) is 0 Å². The molecule has 3 heterocycles. The van der Waals surface area contributed by atoms with Gasteiger partial charge in [-0.3, -0.25) is 9.69 Å². The molecule has 0 spiro atoms. The highest BCUT2D eigenvalue weighted by Gasteiger charge is 2.35. The molecule has 156 valence electrons. The quantitative estimate of drug-likeness (QED) is 0.767. The third kappa shape index (κ3) is 5.03. The number of nitrogens with zero attached hydrogens (tertiary/aromatic N) is 6. The lowest BCUT2D eigenvalue weighted by Gasteiger charge is -2.25. The number of halogens is 3. The molecule has 0 bridgehead atoms. The standard InChI is InChI=1S/C18H27F3N6O/c1-24(2)16(28)13-25-6-5-9-26(11-10-25)15-12-14(18(19,20)21)22-17(23-15)27-7-3-4-8-27/h12H,3-11,13H2,1-2H3. The molecule has 0 atom stereocenters. The fourth-order valence-corrected chi connectivity index (χ4v) is 3.48. The fraction of sp³-hybridized carbons (Fsp3) is 0.722. The summed E-state index contributed by atoms with van der Waals surface area (Å²) in [5, 5.41) is 0. The lowest BCUT2D eigenvalue weighted by atomic mass is 10.3. The van der Waals surface area contributed by atoms with Crippen LogP contribution in [0, 0.1) is 0 Å². The minimum atomic E-state index is -4.51. The molecule has 1 amide bonds. The highest BCUT2D eigenvalue weighted by atomic mass is 19.4. The molecule has 1 aromatic rings. The van der Waals surface area contributed by atoms with Gasteiger partial charge in [0.05, 0.1) is 6.54 Å². The van der Waals surface area contributed by atoms with Crippen molar-refractivity contribution >= 4 is 17.7 Å². The van der Waals surface area contributed by atoms with Crippen LogP contribution in [0.2, 0.25) is 0 Å². The van der Waals surface area contributed by atoms with Gasteiger partial charge in [0.25, 0.3) is 0 Å². The van der Waals surface area contributed by atoms with E-state index < -0.39 is 11.9 Å². The number of carbonyl (C=O) groups is 1. The Kier molecular flexibility index (Phi) is 6.26. The Morgan fingerprint density at radius 3 is 2.32 bits per heavy atom. The zero-order chi connectivity index (χ0) is 20.3. The Morgan fingerprint density at radius 2 is 1.68 bits per heavy atom. The van der Waals surface area contributed by atoms with Crippen LogP contribution in [0.5, 0.6) is 0 Å². The predicted molar refractivity (Wildman–Crippen MR) is 100 cm³/mol. The molecule has 7 nitrogen and oxygen atoms in total. The third-order valence-electron chi connectivity index (χ3n) is 5.15. The number of amides is 1. The van der Waals surface area contributed by atoms with Crippen molar-refractivity contribution in [3.05, 3.63) is 11.8 Å². The van der Waals surface area contributed by atoms with Crippen molar-refractivity contribution in [1.82, 2.24) is 19.8 Å². The first kappa shape index (κ1) is 20.6. The number of rotatable bonds is 4. The van der Waals surface area contributed by atoms with Gasteiger partial charge in [0, 0.05) is 59.4 Å². The minimum absolute atomic E-state index is 0.0196. The molecule has 0 radical (unpaired) electrons. The molecule has 28 heavy (non-hydrogen) atoms. The normalized spacial score (nSPS) is 19.0. The summed E-state index contributed by atoms with van der Waals surface area (Å²) in [5.41, 5.74) is -0.900. The number of likely N-dealkylation sites (N-methyl/N-ethyl adjacent to an activating group) is 1. The van der Waals surface area contributed by atoms with Crippen molar-refractivity contribution in [3.63, 3.8) is 0 Å². The number of carbonyl (C=O) groups excluding carboxylic acids is 1.